The van der Waals surface area contributed by atoms with E-state index in [1.54, 1.807) is 0 Å². The molecule has 0 unspecified atom stereocenters. The van der Waals surface area contributed by atoms with Crippen LogP contribution in [0.2, 0.25) is 0 Å². The van der Waals surface area contributed by atoms with Crippen LogP contribution in [-0.4, -0.2) is 37.5 Å². The van der Waals surface area contributed by atoms with Gasteiger partial charge in [0.2, 0.25) is 0 Å². The van der Waals surface area contributed by atoms with Gasteiger partial charge in [0.05, 0.1) is 0 Å². The first-order chi connectivity index (χ1) is 10.2. The van der Waals surface area contributed by atoms with E-state index in [-0.39, 0.29) is 5.91 Å². The van der Waals surface area contributed by atoms with E-state index < -0.39 is 0 Å². The predicted molar refractivity (Wildman–Crippen MR) is 86.5 cm³/mol. The van der Waals surface area contributed by atoms with Crippen LogP contribution in [0, 0.1) is 5.92 Å². The molecule has 1 aliphatic heterocycles. The monoisotopic (exact) mass is 282 g/mol. The number of nitrogens with one attached hydrogen (secondary N) is 1. The Kier molecular flexibility index (Phi) is 4.20. The number of carbonyl (C=O) groups is 1. The Morgan fingerprint density at radius 2 is 1.86 bits per heavy atom. The summed E-state index contributed by atoms with van der Waals surface area (Å²) in [4.78, 5) is 14.8. The molecule has 1 aliphatic rings. The van der Waals surface area contributed by atoms with E-state index in [0.717, 1.165) is 36.0 Å². The number of rotatable bonds is 3. The smallest absolute Gasteiger partial charge is 0.251 e. The highest BCUT2D eigenvalue weighted by molar-refractivity contribution is 6.06. The lowest BCUT2D eigenvalue weighted by Gasteiger charge is -2.28. The van der Waals surface area contributed by atoms with Crippen molar-refractivity contribution in [3.63, 3.8) is 0 Å². The van der Waals surface area contributed by atoms with Crippen LogP contribution in [0.15, 0.2) is 42.5 Å². The first-order valence-electron chi connectivity index (χ1n) is 7.68. The van der Waals surface area contributed by atoms with Gasteiger partial charge in [-0.25, -0.2) is 0 Å². The molecule has 0 aliphatic carbocycles. The highest BCUT2D eigenvalue weighted by Crippen LogP contribution is 2.19. The second-order valence-corrected chi connectivity index (χ2v) is 5.98. The minimum Gasteiger partial charge on any atom is -0.352 e. The van der Waals surface area contributed by atoms with Gasteiger partial charge < -0.3 is 10.2 Å². The minimum atomic E-state index is 0.0470. The van der Waals surface area contributed by atoms with Crippen LogP contribution in [0.3, 0.4) is 0 Å². The van der Waals surface area contributed by atoms with Crippen LogP contribution >= 0.6 is 0 Å². The zero-order valence-electron chi connectivity index (χ0n) is 12.5. The van der Waals surface area contributed by atoms with Crippen molar-refractivity contribution >= 4 is 16.7 Å². The number of likely N-dealkylation sites (tertiary alicyclic amines) is 1. The largest absolute Gasteiger partial charge is 0.352 e. The van der Waals surface area contributed by atoms with Gasteiger partial charge in [-0.05, 0) is 55.7 Å². The number of piperidine rings is 1. The van der Waals surface area contributed by atoms with Crippen LogP contribution in [0.25, 0.3) is 10.8 Å². The first kappa shape index (κ1) is 14.1. The molecule has 0 bridgehead atoms. The molecule has 2 aromatic rings. The fourth-order valence-corrected chi connectivity index (χ4v) is 3.02. The summed E-state index contributed by atoms with van der Waals surface area (Å²) in [6.45, 7) is 3.06. The second-order valence-electron chi connectivity index (χ2n) is 5.98. The highest BCUT2D eigenvalue weighted by Gasteiger charge is 2.18. The van der Waals surface area contributed by atoms with Crippen LogP contribution in [0.1, 0.15) is 23.2 Å². The normalized spacial score (nSPS) is 17.0. The summed E-state index contributed by atoms with van der Waals surface area (Å²) < 4.78 is 0. The van der Waals surface area contributed by atoms with Crippen molar-refractivity contribution in [1.29, 1.82) is 0 Å². The van der Waals surface area contributed by atoms with Crippen LogP contribution in [-0.2, 0) is 0 Å². The predicted octanol–water partition coefficient (Wildman–Crippen LogP) is 2.91. The molecule has 3 heteroatoms. The maximum absolute atomic E-state index is 12.4. The van der Waals surface area contributed by atoms with Gasteiger partial charge >= 0.3 is 0 Å². The summed E-state index contributed by atoms with van der Waals surface area (Å²) >= 11 is 0. The molecule has 1 N–H and O–H groups in total. The molecule has 3 rings (SSSR count). The maximum Gasteiger partial charge on any atom is 0.251 e. The Balaban J connectivity index is 1.67. The number of fused-ring (bicyclic) bond motifs is 1. The topological polar surface area (TPSA) is 32.3 Å². The van der Waals surface area contributed by atoms with Crippen molar-refractivity contribution in [1.82, 2.24) is 10.2 Å². The molecule has 0 atom stereocenters. The standard InChI is InChI=1S/C18H22N2O/c1-20-11-9-14(10-12-20)13-19-18(21)17-8-4-6-15-5-2-3-7-16(15)17/h2-8,14H,9-13H2,1H3,(H,19,21). The number of benzene rings is 2. The van der Waals surface area contributed by atoms with E-state index in [1.165, 1.54) is 12.8 Å². The molecule has 1 fully saturated rings. The molecule has 2 aromatic carbocycles. The van der Waals surface area contributed by atoms with Gasteiger partial charge in [-0.15, -0.1) is 0 Å². The van der Waals surface area contributed by atoms with Gasteiger partial charge in [0.1, 0.15) is 0 Å². The zero-order valence-corrected chi connectivity index (χ0v) is 12.5. The molecular weight excluding hydrogens is 260 g/mol. The van der Waals surface area contributed by atoms with Gasteiger partial charge in [0.15, 0.2) is 0 Å². The number of nitrogens with zero attached hydrogens (tertiary/aromatic N) is 1. The van der Waals surface area contributed by atoms with E-state index in [0.29, 0.717) is 5.92 Å². The molecule has 1 saturated heterocycles. The summed E-state index contributed by atoms with van der Waals surface area (Å²) in [5.41, 5.74) is 0.779. The summed E-state index contributed by atoms with van der Waals surface area (Å²) in [5, 5.41) is 5.26. The third-order valence-corrected chi connectivity index (χ3v) is 4.42. The van der Waals surface area contributed by atoms with E-state index in [2.05, 4.69) is 17.3 Å². The Labute approximate surface area is 125 Å². The number of hydrogen-bond donors (Lipinski definition) is 1. The van der Waals surface area contributed by atoms with Gasteiger partial charge in [-0.1, -0.05) is 36.4 Å². The molecule has 21 heavy (non-hydrogen) atoms. The number of hydrogen-bond acceptors (Lipinski definition) is 2. The minimum absolute atomic E-state index is 0.0470. The quantitative estimate of drug-likeness (QED) is 0.939. The molecular formula is C18H22N2O. The summed E-state index contributed by atoms with van der Waals surface area (Å²) in [7, 11) is 2.16. The van der Waals surface area contributed by atoms with Crippen LogP contribution < -0.4 is 5.32 Å². The van der Waals surface area contributed by atoms with E-state index in [1.807, 2.05) is 42.5 Å². The zero-order chi connectivity index (χ0) is 14.7. The molecule has 1 heterocycles. The lowest BCUT2D eigenvalue weighted by atomic mass is 9.97. The Morgan fingerprint density at radius 3 is 2.67 bits per heavy atom. The average Bonchev–Trinajstić information content (AvgIpc) is 2.53. The van der Waals surface area contributed by atoms with Crippen molar-refractivity contribution in [2.75, 3.05) is 26.7 Å². The summed E-state index contributed by atoms with van der Waals surface area (Å²) in [6, 6.07) is 13.9. The second kappa shape index (κ2) is 6.27. The van der Waals surface area contributed by atoms with Crippen molar-refractivity contribution in [3.05, 3.63) is 48.0 Å². The Morgan fingerprint density at radius 1 is 1.14 bits per heavy atom. The lowest BCUT2D eigenvalue weighted by molar-refractivity contribution is 0.0940. The fourth-order valence-electron chi connectivity index (χ4n) is 3.02. The van der Waals surface area contributed by atoms with Crippen molar-refractivity contribution in [2.45, 2.75) is 12.8 Å². The number of carbonyl (C=O) groups excluding carboxylic acids is 1. The molecule has 110 valence electrons. The van der Waals surface area contributed by atoms with Crippen LogP contribution in [0.4, 0.5) is 0 Å². The lowest BCUT2D eigenvalue weighted by Crippen LogP contribution is -2.36. The molecule has 0 radical (unpaired) electrons. The van der Waals surface area contributed by atoms with E-state index >= 15 is 0 Å². The van der Waals surface area contributed by atoms with Gasteiger partial charge in [0.25, 0.3) is 5.91 Å². The van der Waals surface area contributed by atoms with Gasteiger partial charge in [-0.3, -0.25) is 4.79 Å². The van der Waals surface area contributed by atoms with Gasteiger partial charge in [-0.2, -0.15) is 0 Å². The highest BCUT2D eigenvalue weighted by atomic mass is 16.1. The Hall–Kier alpha value is -1.87. The Bertz CT molecular complexity index is 625. The molecule has 0 saturated carbocycles. The first-order valence-corrected chi connectivity index (χ1v) is 7.68. The van der Waals surface area contributed by atoms with E-state index in [4.69, 9.17) is 0 Å². The third kappa shape index (κ3) is 3.24. The molecule has 0 spiro atoms. The van der Waals surface area contributed by atoms with Crippen LogP contribution in [0.5, 0.6) is 0 Å². The maximum atomic E-state index is 12.4. The molecule has 1 amide bonds. The van der Waals surface area contributed by atoms with Crippen molar-refractivity contribution in [2.24, 2.45) is 5.92 Å². The summed E-state index contributed by atoms with van der Waals surface area (Å²) in [6.07, 6.45) is 2.35. The SMILES string of the molecule is CN1CCC(CNC(=O)c2cccc3ccccc23)CC1. The molecule has 3 nitrogen and oxygen atoms in total. The van der Waals surface area contributed by atoms with E-state index in [9.17, 15) is 4.79 Å². The van der Waals surface area contributed by atoms with Crippen molar-refractivity contribution in [3.8, 4) is 0 Å². The fraction of sp³-hybridized carbons (Fsp3) is 0.389. The summed E-state index contributed by atoms with van der Waals surface area (Å²) in [5.74, 6) is 0.658. The molecule has 0 aromatic heterocycles. The average molecular weight is 282 g/mol. The van der Waals surface area contributed by atoms with Crippen molar-refractivity contribution < 1.29 is 4.79 Å². The third-order valence-electron chi connectivity index (χ3n) is 4.42. The number of amides is 1. The van der Waals surface area contributed by atoms with Gasteiger partial charge in [0, 0.05) is 12.1 Å².